The largest absolute Gasteiger partial charge is 0.366 e. The van der Waals surface area contributed by atoms with Crippen LogP contribution in [0, 0.1) is 11.8 Å². The Balaban J connectivity index is 1.99. The molecule has 2 heteroatoms. The highest BCUT2D eigenvalue weighted by Crippen LogP contribution is 2.43. The zero-order chi connectivity index (χ0) is 8.60. The van der Waals surface area contributed by atoms with Gasteiger partial charge in [-0.25, -0.2) is 0 Å². The van der Waals surface area contributed by atoms with Gasteiger partial charge in [0.2, 0.25) is 0 Å². The lowest BCUT2D eigenvalue weighted by Crippen LogP contribution is -2.40. The lowest BCUT2D eigenvalue weighted by atomic mass is 9.69. The highest BCUT2D eigenvalue weighted by molar-refractivity contribution is 4.85. The first-order valence-electron chi connectivity index (χ1n) is 5.12. The minimum Gasteiger partial charge on any atom is -0.366 e. The van der Waals surface area contributed by atoms with Gasteiger partial charge in [0.05, 0.1) is 0 Å². The lowest BCUT2D eigenvalue weighted by Gasteiger charge is -2.41. The first-order valence-corrected chi connectivity index (χ1v) is 5.12. The molecule has 70 valence electrons. The molecule has 2 aliphatic rings. The average Bonchev–Trinajstić information content (AvgIpc) is 2.02. The van der Waals surface area contributed by atoms with Crippen molar-refractivity contribution >= 4 is 0 Å². The maximum Gasteiger partial charge on any atom is 0.162 e. The first kappa shape index (κ1) is 8.52. The van der Waals surface area contributed by atoms with Crippen molar-refractivity contribution in [2.45, 2.75) is 50.7 Å². The summed E-state index contributed by atoms with van der Waals surface area (Å²) in [6.07, 6.45) is 7.42. The SMILES string of the molecule is OC1(O)CCC2CCCCC2C1. The fourth-order valence-corrected chi connectivity index (χ4v) is 2.87. The molecule has 0 aromatic heterocycles. The molecule has 0 spiro atoms. The Morgan fingerprint density at radius 2 is 1.58 bits per heavy atom. The van der Waals surface area contributed by atoms with E-state index in [1.165, 1.54) is 25.7 Å². The second-order valence-corrected chi connectivity index (χ2v) is 4.53. The van der Waals surface area contributed by atoms with Crippen molar-refractivity contribution in [3.63, 3.8) is 0 Å². The molecule has 2 saturated carbocycles. The standard InChI is InChI=1S/C10H18O2/c11-10(12)6-5-8-3-1-2-4-9(8)7-10/h8-9,11-12H,1-7H2. The normalized spacial score (nSPS) is 40.5. The van der Waals surface area contributed by atoms with E-state index in [4.69, 9.17) is 0 Å². The second kappa shape index (κ2) is 3.00. The van der Waals surface area contributed by atoms with E-state index >= 15 is 0 Å². The zero-order valence-electron chi connectivity index (χ0n) is 7.50. The van der Waals surface area contributed by atoms with E-state index in [1.54, 1.807) is 0 Å². The van der Waals surface area contributed by atoms with Gasteiger partial charge in [0.15, 0.2) is 5.79 Å². The minimum absolute atomic E-state index is 0.591. The van der Waals surface area contributed by atoms with Crippen LogP contribution in [0.4, 0.5) is 0 Å². The van der Waals surface area contributed by atoms with E-state index in [0.29, 0.717) is 18.8 Å². The van der Waals surface area contributed by atoms with Gasteiger partial charge in [-0.3, -0.25) is 0 Å². The van der Waals surface area contributed by atoms with Gasteiger partial charge in [0, 0.05) is 12.8 Å². The number of rotatable bonds is 0. The zero-order valence-corrected chi connectivity index (χ0v) is 7.50. The maximum absolute atomic E-state index is 9.47. The molecule has 2 atom stereocenters. The Morgan fingerprint density at radius 3 is 2.33 bits per heavy atom. The summed E-state index contributed by atoms with van der Waals surface area (Å²) < 4.78 is 0. The van der Waals surface area contributed by atoms with Gasteiger partial charge in [0.25, 0.3) is 0 Å². The van der Waals surface area contributed by atoms with Crippen molar-refractivity contribution in [2.75, 3.05) is 0 Å². The van der Waals surface area contributed by atoms with Crippen molar-refractivity contribution < 1.29 is 10.2 Å². The van der Waals surface area contributed by atoms with Gasteiger partial charge in [-0.05, 0) is 24.7 Å². The molecular weight excluding hydrogens is 152 g/mol. The van der Waals surface area contributed by atoms with Crippen molar-refractivity contribution in [3.05, 3.63) is 0 Å². The highest BCUT2D eigenvalue weighted by atomic mass is 16.5. The number of hydrogen-bond donors (Lipinski definition) is 2. The summed E-state index contributed by atoms with van der Waals surface area (Å²) in [5.41, 5.74) is 0. The predicted molar refractivity (Wildman–Crippen MR) is 46.5 cm³/mol. The van der Waals surface area contributed by atoms with E-state index in [-0.39, 0.29) is 0 Å². The fraction of sp³-hybridized carbons (Fsp3) is 1.00. The highest BCUT2D eigenvalue weighted by Gasteiger charge is 2.38. The van der Waals surface area contributed by atoms with Gasteiger partial charge in [-0.2, -0.15) is 0 Å². The molecule has 0 amide bonds. The third-order valence-electron chi connectivity index (χ3n) is 3.57. The Bertz CT molecular complexity index is 165. The van der Waals surface area contributed by atoms with Crippen LogP contribution < -0.4 is 0 Å². The number of aliphatic hydroxyl groups is 2. The quantitative estimate of drug-likeness (QED) is 0.543. The minimum atomic E-state index is -1.33. The topological polar surface area (TPSA) is 40.5 Å². The van der Waals surface area contributed by atoms with Crippen molar-refractivity contribution in [1.82, 2.24) is 0 Å². The Labute approximate surface area is 73.6 Å². The third-order valence-corrected chi connectivity index (χ3v) is 3.57. The molecule has 0 aromatic carbocycles. The van der Waals surface area contributed by atoms with Crippen LogP contribution in [0.25, 0.3) is 0 Å². The molecule has 0 radical (unpaired) electrons. The van der Waals surface area contributed by atoms with Crippen molar-refractivity contribution in [2.24, 2.45) is 11.8 Å². The summed E-state index contributed by atoms with van der Waals surface area (Å²) in [6.45, 7) is 0. The van der Waals surface area contributed by atoms with Gasteiger partial charge in [-0.1, -0.05) is 19.3 Å². The van der Waals surface area contributed by atoms with Crippen LogP contribution in [0.5, 0.6) is 0 Å². The monoisotopic (exact) mass is 170 g/mol. The molecule has 2 nitrogen and oxygen atoms in total. The summed E-state index contributed by atoms with van der Waals surface area (Å²) in [4.78, 5) is 0. The van der Waals surface area contributed by atoms with E-state index in [0.717, 1.165) is 12.3 Å². The molecule has 0 aliphatic heterocycles. The third kappa shape index (κ3) is 1.64. The van der Waals surface area contributed by atoms with E-state index < -0.39 is 5.79 Å². The molecule has 0 aromatic rings. The summed E-state index contributed by atoms with van der Waals surface area (Å²) in [5.74, 6) is 0.0621. The Kier molecular flexibility index (Phi) is 2.13. The number of hydrogen-bond acceptors (Lipinski definition) is 2. The van der Waals surface area contributed by atoms with Crippen LogP contribution in [-0.2, 0) is 0 Å². The van der Waals surface area contributed by atoms with E-state index in [2.05, 4.69) is 0 Å². The molecule has 2 aliphatic carbocycles. The summed E-state index contributed by atoms with van der Waals surface area (Å²) >= 11 is 0. The fourth-order valence-electron chi connectivity index (χ4n) is 2.87. The van der Waals surface area contributed by atoms with Crippen LogP contribution in [0.2, 0.25) is 0 Å². The van der Waals surface area contributed by atoms with E-state index in [1.807, 2.05) is 0 Å². The Morgan fingerprint density at radius 1 is 0.917 bits per heavy atom. The summed E-state index contributed by atoms with van der Waals surface area (Å²) in [6, 6.07) is 0. The van der Waals surface area contributed by atoms with Crippen molar-refractivity contribution in [3.8, 4) is 0 Å². The molecule has 0 heterocycles. The summed E-state index contributed by atoms with van der Waals surface area (Å²) in [5, 5.41) is 18.9. The lowest BCUT2D eigenvalue weighted by molar-refractivity contribution is -0.201. The molecular formula is C10H18O2. The van der Waals surface area contributed by atoms with Gasteiger partial charge in [0.1, 0.15) is 0 Å². The average molecular weight is 170 g/mol. The summed E-state index contributed by atoms with van der Waals surface area (Å²) in [7, 11) is 0. The van der Waals surface area contributed by atoms with Crippen molar-refractivity contribution in [1.29, 1.82) is 0 Å². The van der Waals surface area contributed by atoms with Crippen LogP contribution in [0.15, 0.2) is 0 Å². The second-order valence-electron chi connectivity index (χ2n) is 4.53. The maximum atomic E-state index is 9.47. The molecule has 2 fully saturated rings. The van der Waals surface area contributed by atoms with Crippen LogP contribution in [-0.4, -0.2) is 16.0 Å². The van der Waals surface area contributed by atoms with Gasteiger partial charge >= 0.3 is 0 Å². The van der Waals surface area contributed by atoms with Gasteiger partial charge < -0.3 is 10.2 Å². The van der Waals surface area contributed by atoms with E-state index in [9.17, 15) is 10.2 Å². The van der Waals surface area contributed by atoms with Crippen LogP contribution in [0.3, 0.4) is 0 Å². The first-order chi connectivity index (χ1) is 5.67. The number of fused-ring (bicyclic) bond motifs is 1. The van der Waals surface area contributed by atoms with Crippen LogP contribution in [0.1, 0.15) is 44.9 Å². The van der Waals surface area contributed by atoms with Gasteiger partial charge in [-0.15, -0.1) is 0 Å². The Hall–Kier alpha value is -0.0800. The van der Waals surface area contributed by atoms with Crippen LogP contribution >= 0.6 is 0 Å². The molecule has 0 saturated heterocycles. The molecule has 0 bridgehead atoms. The molecule has 12 heavy (non-hydrogen) atoms. The predicted octanol–water partition coefficient (Wildman–Crippen LogP) is 1.66. The molecule has 2 N–H and O–H groups in total. The molecule has 2 unspecified atom stereocenters. The molecule has 2 rings (SSSR count). The smallest absolute Gasteiger partial charge is 0.162 e.